The first kappa shape index (κ1) is 22.5. The van der Waals surface area contributed by atoms with Crippen molar-refractivity contribution in [3.05, 3.63) is 97.1 Å². The Morgan fingerprint density at radius 1 is 0.438 bits per heavy atom. The van der Waals surface area contributed by atoms with Crippen LogP contribution in [0.15, 0.2) is 97.1 Å². The Morgan fingerprint density at radius 3 is 1.16 bits per heavy atom. The number of benzene rings is 4. The maximum absolute atomic E-state index is 6.46. The lowest BCUT2D eigenvalue weighted by atomic mass is 10.0. The van der Waals surface area contributed by atoms with Crippen molar-refractivity contribution in [2.24, 2.45) is 0 Å². The molecule has 0 heterocycles. The molecule has 4 aromatic rings. The second kappa shape index (κ2) is 10.3. The van der Waals surface area contributed by atoms with E-state index in [4.69, 9.17) is 9.47 Å². The molecule has 0 unspecified atom stereocenters. The minimum atomic E-state index is -0.362. The zero-order chi connectivity index (χ0) is 22.5. The average Bonchev–Trinajstić information content (AvgIpc) is 2.80. The quantitative estimate of drug-likeness (QED) is 0.265. The first-order valence-corrected chi connectivity index (χ1v) is 15.1. The topological polar surface area (TPSA) is 18.5 Å². The van der Waals surface area contributed by atoms with Gasteiger partial charge in [0.2, 0.25) is 0 Å². The molecule has 4 aromatic carbocycles. The smallest absolute Gasteiger partial charge is 0.136 e. The number of ether oxygens (including phenoxy) is 2. The fourth-order valence-corrected chi connectivity index (χ4v) is 5.79. The van der Waals surface area contributed by atoms with Gasteiger partial charge < -0.3 is 9.47 Å². The molecule has 0 atom stereocenters. The van der Waals surface area contributed by atoms with Gasteiger partial charge in [0.1, 0.15) is 23.0 Å². The summed E-state index contributed by atoms with van der Waals surface area (Å²) < 4.78 is 12.9. The van der Waals surface area contributed by atoms with Gasteiger partial charge in [0.25, 0.3) is 0 Å². The molecule has 0 bridgehead atoms. The molecule has 4 heteroatoms. The third-order valence-corrected chi connectivity index (χ3v) is 7.84. The van der Waals surface area contributed by atoms with E-state index in [1.807, 2.05) is 60.7 Å². The third-order valence-electron chi connectivity index (χ3n) is 5.16. The monoisotopic (exact) mass is 458 g/mol. The van der Waals surface area contributed by atoms with Crippen LogP contribution in [-0.4, -0.2) is 26.7 Å². The van der Waals surface area contributed by atoms with Gasteiger partial charge in [0, 0.05) is 11.1 Å². The van der Waals surface area contributed by atoms with E-state index in [1.54, 1.807) is 0 Å². The molecule has 0 N–H and O–H groups in total. The van der Waals surface area contributed by atoms with Crippen molar-refractivity contribution in [2.75, 3.05) is 26.7 Å². The van der Waals surface area contributed by atoms with Gasteiger partial charge in [0.05, 0.1) is 0 Å². The Balaban J connectivity index is 1.95. The van der Waals surface area contributed by atoms with Crippen LogP contribution in [0.1, 0.15) is 0 Å². The van der Waals surface area contributed by atoms with E-state index in [1.165, 1.54) is 10.6 Å². The lowest BCUT2D eigenvalue weighted by Crippen LogP contribution is -2.13. The standard InChI is InChI=1S/C28H28O2P2/c1-31(2)25-19-11-17-23(29-21-13-7-5-8-14-21)27(25)28-24(18-12-20-26(28)32(3)4)30-22-15-9-6-10-16-22/h5-20H,1-4H3. The molecule has 162 valence electrons. The summed E-state index contributed by atoms with van der Waals surface area (Å²) in [5.74, 6) is 3.40. The highest BCUT2D eigenvalue weighted by Gasteiger charge is 2.23. The van der Waals surface area contributed by atoms with E-state index in [-0.39, 0.29) is 15.8 Å². The van der Waals surface area contributed by atoms with Crippen LogP contribution in [0.2, 0.25) is 0 Å². The van der Waals surface area contributed by atoms with Crippen molar-refractivity contribution in [2.45, 2.75) is 0 Å². The SMILES string of the molecule is CP(C)c1cccc(Oc2ccccc2)c1-c1c(Oc2ccccc2)cccc1P(C)C. The molecule has 0 amide bonds. The zero-order valence-electron chi connectivity index (χ0n) is 18.9. The van der Waals surface area contributed by atoms with Crippen molar-refractivity contribution < 1.29 is 9.47 Å². The first-order chi connectivity index (χ1) is 15.5. The van der Waals surface area contributed by atoms with Gasteiger partial charge in [-0.15, -0.1) is 0 Å². The maximum Gasteiger partial charge on any atom is 0.136 e. The van der Waals surface area contributed by atoms with Crippen LogP contribution in [0.3, 0.4) is 0 Å². The van der Waals surface area contributed by atoms with Crippen molar-refractivity contribution in [1.82, 2.24) is 0 Å². The Morgan fingerprint density at radius 2 is 0.812 bits per heavy atom. The van der Waals surface area contributed by atoms with Crippen LogP contribution in [0.4, 0.5) is 0 Å². The summed E-state index contributed by atoms with van der Waals surface area (Å²) in [7, 11) is -0.725. The molecule has 0 spiro atoms. The molecule has 0 fully saturated rings. The molecule has 0 radical (unpaired) electrons. The second-order valence-corrected chi connectivity index (χ2v) is 12.5. The predicted molar refractivity (Wildman–Crippen MR) is 142 cm³/mol. The van der Waals surface area contributed by atoms with Gasteiger partial charge >= 0.3 is 0 Å². The van der Waals surface area contributed by atoms with Crippen LogP contribution < -0.4 is 20.1 Å². The van der Waals surface area contributed by atoms with E-state index in [0.717, 1.165) is 34.1 Å². The Kier molecular flexibility index (Phi) is 7.26. The zero-order valence-corrected chi connectivity index (χ0v) is 20.7. The summed E-state index contributed by atoms with van der Waals surface area (Å²) in [5.41, 5.74) is 2.29. The summed E-state index contributed by atoms with van der Waals surface area (Å²) in [4.78, 5) is 0. The molecule has 4 rings (SSSR count). The molecule has 0 aromatic heterocycles. The van der Waals surface area contributed by atoms with Crippen LogP contribution in [0.5, 0.6) is 23.0 Å². The van der Waals surface area contributed by atoms with Crippen molar-refractivity contribution in [3.8, 4) is 34.1 Å². The van der Waals surface area contributed by atoms with Crippen LogP contribution in [0.25, 0.3) is 11.1 Å². The largest absolute Gasteiger partial charge is 0.457 e. The molecule has 0 saturated heterocycles. The Hall–Kier alpha value is -2.66. The van der Waals surface area contributed by atoms with E-state index < -0.39 is 0 Å². The van der Waals surface area contributed by atoms with Crippen molar-refractivity contribution >= 4 is 26.5 Å². The summed E-state index contributed by atoms with van der Waals surface area (Å²) in [6, 6.07) is 32.8. The molecule has 0 aliphatic heterocycles. The molecule has 2 nitrogen and oxygen atoms in total. The van der Waals surface area contributed by atoms with Crippen molar-refractivity contribution in [1.29, 1.82) is 0 Å². The Labute approximate surface area is 193 Å². The molecule has 0 aliphatic carbocycles. The number of hydrogen-bond acceptors (Lipinski definition) is 2. The van der Waals surface area contributed by atoms with Gasteiger partial charge in [-0.05, 0) is 73.7 Å². The van der Waals surface area contributed by atoms with Crippen molar-refractivity contribution in [3.63, 3.8) is 0 Å². The molecular formula is C28H28O2P2. The van der Waals surface area contributed by atoms with E-state index >= 15 is 0 Å². The van der Waals surface area contributed by atoms with Crippen LogP contribution in [-0.2, 0) is 0 Å². The minimum Gasteiger partial charge on any atom is -0.457 e. The minimum absolute atomic E-state index is 0.362. The predicted octanol–water partition coefficient (Wildman–Crippen LogP) is 7.67. The van der Waals surface area contributed by atoms with Gasteiger partial charge in [-0.25, -0.2) is 0 Å². The number of para-hydroxylation sites is 2. The van der Waals surface area contributed by atoms with Gasteiger partial charge in [-0.1, -0.05) is 76.5 Å². The normalized spacial score (nSPS) is 11.1. The van der Waals surface area contributed by atoms with Gasteiger partial charge in [-0.2, -0.15) is 0 Å². The fourth-order valence-electron chi connectivity index (χ4n) is 3.69. The third kappa shape index (κ3) is 5.04. The Bertz CT molecular complexity index is 1080. The summed E-state index contributed by atoms with van der Waals surface area (Å²) in [5, 5.41) is 2.63. The van der Waals surface area contributed by atoms with Crippen LogP contribution >= 0.6 is 15.8 Å². The lowest BCUT2D eigenvalue weighted by Gasteiger charge is -2.24. The van der Waals surface area contributed by atoms with Gasteiger partial charge in [0.15, 0.2) is 0 Å². The van der Waals surface area contributed by atoms with E-state index in [9.17, 15) is 0 Å². The molecule has 32 heavy (non-hydrogen) atoms. The summed E-state index contributed by atoms with van der Waals surface area (Å²) >= 11 is 0. The van der Waals surface area contributed by atoms with Gasteiger partial charge in [-0.3, -0.25) is 0 Å². The fraction of sp³-hybridized carbons (Fsp3) is 0.143. The summed E-state index contributed by atoms with van der Waals surface area (Å²) in [6.45, 7) is 9.17. The highest BCUT2D eigenvalue weighted by molar-refractivity contribution is 7.65. The highest BCUT2D eigenvalue weighted by Crippen LogP contribution is 2.45. The van der Waals surface area contributed by atoms with E-state index in [2.05, 4.69) is 63.1 Å². The number of hydrogen-bond donors (Lipinski definition) is 0. The molecule has 0 saturated carbocycles. The van der Waals surface area contributed by atoms with Crippen LogP contribution in [0, 0.1) is 0 Å². The average molecular weight is 458 g/mol. The lowest BCUT2D eigenvalue weighted by molar-refractivity contribution is 0.478. The first-order valence-electron chi connectivity index (χ1n) is 10.6. The molecule has 0 aliphatic rings. The second-order valence-electron chi connectivity index (χ2n) is 7.92. The highest BCUT2D eigenvalue weighted by atomic mass is 31.1. The maximum atomic E-state index is 6.46. The summed E-state index contributed by atoms with van der Waals surface area (Å²) in [6.07, 6.45) is 0. The molecular weight excluding hydrogens is 430 g/mol. The number of rotatable bonds is 7. The van der Waals surface area contributed by atoms with E-state index in [0.29, 0.717) is 0 Å².